The Morgan fingerprint density at radius 2 is 1.82 bits per heavy atom. The number of hydrogen-bond acceptors (Lipinski definition) is 5. The summed E-state index contributed by atoms with van der Waals surface area (Å²) >= 11 is 3.80. The average molecular weight is 506 g/mol. The lowest BCUT2D eigenvalue weighted by atomic mass is 10.0. The second-order valence-corrected chi connectivity index (χ2v) is 8.50. The highest BCUT2D eigenvalue weighted by molar-refractivity contribution is 7.92. The lowest BCUT2D eigenvalue weighted by molar-refractivity contribution is -0.274. The first-order chi connectivity index (χ1) is 15.5. The second kappa shape index (κ2) is 8.81. The fourth-order valence-corrected chi connectivity index (χ4v) is 4.53. The largest absolute Gasteiger partial charge is 0.588 e. The molecule has 0 aliphatic carbocycles. The maximum atomic E-state index is 14.7. The molecule has 0 saturated heterocycles. The lowest BCUT2D eigenvalue weighted by Gasteiger charge is -2.16. The van der Waals surface area contributed by atoms with E-state index < -0.39 is 46.5 Å². The summed E-state index contributed by atoms with van der Waals surface area (Å²) < 4.78 is 91.9. The quantitative estimate of drug-likeness (QED) is 0.315. The van der Waals surface area contributed by atoms with Crippen molar-refractivity contribution in [3.8, 4) is 28.4 Å². The van der Waals surface area contributed by atoms with Crippen molar-refractivity contribution < 1.29 is 41.1 Å². The predicted molar refractivity (Wildman–Crippen MR) is 111 cm³/mol. The minimum absolute atomic E-state index is 0.00597. The normalized spacial score (nSPS) is 15.8. The van der Waals surface area contributed by atoms with E-state index in [1.165, 1.54) is 18.2 Å². The van der Waals surface area contributed by atoms with Gasteiger partial charge in [0.05, 0.1) is 11.6 Å². The molecule has 3 aromatic carbocycles. The van der Waals surface area contributed by atoms with Gasteiger partial charge in [0.15, 0.2) is 11.6 Å². The third kappa shape index (κ3) is 5.05. The summed E-state index contributed by atoms with van der Waals surface area (Å²) in [7, 11) is 0. The number of anilines is 1. The molecular weight excluding hydrogens is 493 g/mol. The van der Waals surface area contributed by atoms with E-state index in [1.54, 1.807) is 0 Å². The van der Waals surface area contributed by atoms with Crippen LogP contribution in [0.5, 0.6) is 17.2 Å². The van der Waals surface area contributed by atoms with Crippen LogP contribution in [-0.2, 0) is 17.8 Å². The van der Waals surface area contributed by atoms with Crippen molar-refractivity contribution >= 4 is 28.7 Å². The van der Waals surface area contributed by atoms with Crippen LogP contribution in [0.3, 0.4) is 0 Å². The van der Waals surface area contributed by atoms with Crippen LogP contribution in [0.15, 0.2) is 47.4 Å². The summed E-state index contributed by atoms with van der Waals surface area (Å²) in [6.07, 6.45) is -4.80. The zero-order valence-electron chi connectivity index (χ0n) is 16.3. The average Bonchev–Trinajstić information content (AvgIpc) is 2.72. The summed E-state index contributed by atoms with van der Waals surface area (Å²) in [4.78, 5) is -0.139. The maximum absolute atomic E-state index is 14.7. The molecule has 12 heteroatoms. The number of phenolic OH excluding ortho intramolecular Hbond substituents is 1. The highest BCUT2D eigenvalue weighted by Crippen LogP contribution is 2.40. The Kier molecular flexibility index (Phi) is 6.21. The van der Waals surface area contributed by atoms with Crippen LogP contribution in [0.1, 0.15) is 5.56 Å². The minimum atomic E-state index is -4.99. The molecule has 1 aliphatic heterocycles. The number of phenols is 1. The fourth-order valence-electron chi connectivity index (χ4n) is 3.22. The highest BCUT2D eigenvalue weighted by atomic mass is 35.5. The van der Waals surface area contributed by atoms with Gasteiger partial charge in [-0.1, -0.05) is 11.6 Å². The first-order valence-electron chi connectivity index (χ1n) is 9.23. The molecule has 5 nitrogen and oxygen atoms in total. The number of hydrogen-bond donors (Lipinski definition) is 2. The summed E-state index contributed by atoms with van der Waals surface area (Å²) in [5.41, 5.74) is -0.390. The molecule has 0 spiro atoms. The standard InChI is InChI=1S/C21H13ClF5NO4S/c22-14-5-10-3-4-31-18-2-1-11(32-21(25,26)27)7-13(18)12-8-17(16(24)9-15(12)23)28-33(30)19(6-10)20(14)29/h1-2,5-9,28-29H,3-4H2. The van der Waals surface area contributed by atoms with E-state index in [0.29, 0.717) is 11.6 Å². The number of rotatable bonds is 1. The number of benzene rings is 3. The number of ether oxygens (including phenoxy) is 2. The van der Waals surface area contributed by atoms with Gasteiger partial charge < -0.3 is 19.1 Å². The van der Waals surface area contributed by atoms with E-state index in [2.05, 4.69) is 9.46 Å². The molecule has 4 bridgehead atoms. The van der Waals surface area contributed by atoms with Gasteiger partial charge in [-0.3, -0.25) is 0 Å². The van der Waals surface area contributed by atoms with E-state index in [9.17, 15) is 31.6 Å². The third-order valence-corrected chi connectivity index (χ3v) is 6.07. The Morgan fingerprint density at radius 1 is 1.06 bits per heavy atom. The molecule has 3 aromatic rings. The van der Waals surface area contributed by atoms with Gasteiger partial charge in [0.2, 0.25) is 4.90 Å². The van der Waals surface area contributed by atoms with Crippen LogP contribution < -0.4 is 14.2 Å². The summed E-state index contributed by atoms with van der Waals surface area (Å²) in [6.45, 7) is -0.0250. The second-order valence-electron chi connectivity index (χ2n) is 6.91. The van der Waals surface area contributed by atoms with Gasteiger partial charge in [0.25, 0.3) is 0 Å². The molecule has 33 heavy (non-hydrogen) atoms. The molecule has 174 valence electrons. The first kappa shape index (κ1) is 23.3. The van der Waals surface area contributed by atoms with Crippen LogP contribution in [0, 0.1) is 11.6 Å². The number of aromatic hydroxyl groups is 1. The molecule has 0 aromatic heterocycles. The SMILES string of the molecule is [O-][S+]1Nc2cc(c(F)cc2F)-c2cc(OC(F)(F)F)ccc2OCCc2cc(Cl)c(O)c1c2. The van der Waals surface area contributed by atoms with Crippen molar-refractivity contribution in [2.24, 2.45) is 0 Å². The van der Waals surface area contributed by atoms with Gasteiger partial charge in [-0.25, -0.2) is 13.5 Å². The van der Waals surface area contributed by atoms with Crippen LogP contribution in [-0.4, -0.2) is 22.6 Å². The monoisotopic (exact) mass is 505 g/mol. The van der Waals surface area contributed by atoms with Crippen LogP contribution in [0.25, 0.3) is 11.1 Å². The molecule has 1 atom stereocenters. The highest BCUT2D eigenvalue weighted by Gasteiger charge is 2.32. The molecule has 4 rings (SSSR count). The first-order valence-corrected chi connectivity index (χ1v) is 10.8. The summed E-state index contributed by atoms with van der Waals surface area (Å²) in [5, 5.41) is 10.1. The van der Waals surface area contributed by atoms with Crippen molar-refractivity contribution in [1.82, 2.24) is 0 Å². The van der Waals surface area contributed by atoms with Gasteiger partial charge in [0.1, 0.15) is 34.4 Å². The molecule has 1 aliphatic rings. The predicted octanol–water partition coefficient (Wildman–Crippen LogP) is 5.96. The molecule has 1 unspecified atom stereocenters. The number of alkyl halides is 3. The van der Waals surface area contributed by atoms with Crippen molar-refractivity contribution in [3.05, 3.63) is 64.7 Å². The molecular formula is C21H13ClF5NO4S. The van der Waals surface area contributed by atoms with Crippen LogP contribution in [0.4, 0.5) is 27.6 Å². The Bertz CT molecular complexity index is 1220. The van der Waals surface area contributed by atoms with Gasteiger partial charge in [0, 0.05) is 29.7 Å². The number of halogens is 6. The Labute approximate surface area is 192 Å². The molecule has 1 heterocycles. The van der Waals surface area contributed by atoms with Gasteiger partial charge in [-0.05, 0) is 35.9 Å². The van der Waals surface area contributed by atoms with Crippen molar-refractivity contribution in [3.63, 3.8) is 0 Å². The van der Waals surface area contributed by atoms with Crippen LogP contribution in [0.2, 0.25) is 5.02 Å². The number of fused-ring (bicyclic) bond motifs is 6. The van der Waals surface area contributed by atoms with Crippen molar-refractivity contribution in [2.75, 3.05) is 11.3 Å². The Hall–Kier alpha value is -2.89. The zero-order valence-corrected chi connectivity index (χ0v) is 17.9. The van der Waals surface area contributed by atoms with Crippen LogP contribution >= 0.6 is 11.6 Å². The van der Waals surface area contributed by atoms with Gasteiger partial charge in [-0.2, -0.15) is 0 Å². The topological polar surface area (TPSA) is 73.8 Å². The summed E-state index contributed by atoms with van der Waals surface area (Å²) in [6, 6.07) is 7.29. The van der Waals surface area contributed by atoms with E-state index in [1.807, 2.05) is 0 Å². The lowest BCUT2D eigenvalue weighted by Crippen LogP contribution is -2.17. The van der Waals surface area contributed by atoms with E-state index in [0.717, 1.165) is 18.2 Å². The molecule has 0 fully saturated rings. The minimum Gasteiger partial charge on any atom is -0.588 e. The third-order valence-electron chi connectivity index (χ3n) is 4.67. The number of nitrogens with one attached hydrogen (secondary N) is 1. The summed E-state index contributed by atoms with van der Waals surface area (Å²) in [5.74, 6) is -3.33. The van der Waals surface area contributed by atoms with E-state index >= 15 is 0 Å². The molecule has 0 amide bonds. The van der Waals surface area contributed by atoms with Crippen molar-refractivity contribution in [1.29, 1.82) is 0 Å². The van der Waals surface area contributed by atoms with Gasteiger partial charge in [-0.15, -0.1) is 13.2 Å². The smallest absolute Gasteiger partial charge is 0.573 e. The zero-order chi connectivity index (χ0) is 23.9. The van der Waals surface area contributed by atoms with Crippen molar-refractivity contribution in [2.45, 2.75) is 17.7 Å². The molecule has 0 radical (unpaired) electrons. The van der Waals surface area contributed by atoms with E-state index in [4.69, 9.17) is 16.3 Å². The molecule has 0 saturated carbocycles. The Morgan fingerprint density at radius 3 is 2.55 bits per heavy atom. The fraction of sp³-hybridized carbons (Fsp3) is 0.143. The van der Waals surface area contributed by atoms with Gasteiger partial charge >= 0.3 is 6.36 Å². The van der Waals surface area contributed by atoms with E-state index in [-0.39, 0.29) is 39.8 Å². The Balaban J connectivity index is 1.88. The molecule has 2 N–H and O–H groups in total. The maximum Gasteiger partial charge on any atom is 0.573 e.